The summed E-state index contributed by atoms with van der Waals surface area (Å²) < 4.78 is 5.01. The van der Waals surface area contributed by atoms with Gasteiger partial charge in [0, 0.05) is 32.7 Å². The monoisotopic (exact) mass is 455 g/mol. The summed E-state index contributed by atoms with van der Waals surface area (Å²) >= 11 is 0. The van der Waals surface area contributed by atoms with Gasteiger partial charge in [0.05, 0.1) is 18.6 Å². The lowest BCUT2D eigenvalue weighted by molar-refractivity contribution is -0.125. The van der Waals surface area contributed by atoms with E-state index >= 15 is 0 Å². The number of carbonyl (C=O) groups is 2. The van der Waals surface area contributed by atoms with Crippen molar-refractivity contribution in [2.75, 3.05) is 45.9 Å². The molecule has 9 heteroatoms. The molecule has 2 amide bonds. The predicted molar refractivity (Wildman–Crippen MR) is 105 cm³/mol. The number of piperazine rings is 1. The number of aliphatic imine (C=N–C) groups is 1. The lowest BCUT2D eigenvalue weighted by Gasteiger charge is -2.36. The molecule has 0 spiro atoms. The Morgan fingerprint density at radius 1 is 1.17 bits per heavy atom. The van der Waals surface area contributed by atoms with Crippen molar-refractivity contribution in [1.82, 2.24) is 15.1 Å². The zero-order valence-corrected chi connectivity index (χ0v) is 17.3. The van der Waals surface area contributed by atoms with Crippen LogP contribution in [0.25, 0.3) is 0 Å². The number of hydrogen-bond donors (Lipinski definition) is 2. The number of nitrogens with two attached hydrogens (primary N) is 1. The standard InChI is InChI=1S/C15H29N5O3.HI/c1-5-17-13(18-11-15(3,4)12(16)21)19-7-9-20(10-8-19)14(22)23-6-2;/h5-11H2,1-4H3,(H2,16,21)(H,17,18);1H. The fourth-order valence-electron chi connectivity index (χ4n) is 2.09. The zero-order chi connectivity index (χ0) is 17.5. The van der Waals surface area contributed by atoms with Crippen LogP contribution in [-0.2, 0) is 9.53 Å². The van der Waals surface area contributed by atoms with Crippen LogP contribution in [-0.4, -0.2) is 73.6 Å². The second kappa shape index (κ2) is 10.6. The second-order valence-electron chi connectivity index (χ2n) is 6.09. The van der Waals surface area contributed by atoms with Gasteiger partial charge in [0.25, 0.3) is 0 Å². The van der Waals surface area contributed by atoms with E-state index in [1.807, 2.05) is 6.92 Å². The molecule has 3 N–H and O–H groups in total. The minimum absolute atomic E-state index is 0. The molecule has 0 aromatic rings. The maximum atomic E-state index is 11.7. The van der Waals surface area contributed by atoms with Crippen LogP contribution in [0.3, 0.4) is 0 Å². The summed E-state index contributed by atoms with van der Waals surface area (Å²) in [5.41, 5.74) is 4.70. The molecule has 0 saturated carbocycles. The first-order valence-electron chi connectivity index (χ1n) is 8.06. The number of ether oxygens (including phenoxy) is 1. The number of hydrogen-bond acceptors (Lipinski definition) is 4. The number of guanidine groups is 1. The number of primary amides is 1. The first-order valence-corrected chi connectivity index (χ1v) is 8.06. The zero-order valence-electron chi connectivity index (χ0n) is 15.0. The van der Waals surface area contributed by atoms with E-state index < -0.39 is 5.41 Å². The highest BCUT2D eigenvalue weighted by Crippen LogP contribution is 2.14. The van der Waals surface area contributed by atoms with Gasteiger partial charge < -0.3 is 25.6 Å². The van der Waals surface area contributed by atoms with Crippen molar-refractivity contribution in [2.45, 2.75) is 27.7 Å². The molecular formula is C15H30IN5O3. The molecule has 0 atom stereocenters. The third-order valence-corrected chi connectivity index (χ3v) is 3.73. The summed E-state index contributed by atoms with van der Waals surface area (Å²) in [6, 6.07) is 0. The topological polar surface area (TPSA) is 100 Å². The van der Waals surface area contributed by atoms with Crippen molar-refractivity contribution in [3.63, 3.8) is 0 Å². The van der Waals surface area contributed by atoms with Crippen molar-refractivity contribution in [1.29, 1.82) is 0 Å². The molecule has 0 unspecified atom stereocenters. The fraction of sp³-hybridized carbons (Fsp3) is 0.800. The Morgan fingerprint density at radius 3 is 2.17 bits per heavy atom. The summed E-state index contributed by atoms with van der Waals surface area (Å²) in [5.74, 6) is 0.370. The first kappa shape index (κ1) is 22.7. The molecule has 0 bridgehead atoms. The number of halogens is 1. The molecule has 24 heavy (non-hydrogen) atoms. The summed E-state index contributed by atoms with van der Waals surface area (Å²) in [7, 11) is 0. The summed E-state index contributed by atoms with van der Waals surface area (Å²) in [5, 5.41) is 3.22. The van der Waals surface area contributed by atoms with E-state index in [0.717, 1.165) is 12.5 Å². The van der Waals surface area contributed by atoms with E-state index in [2.05, 4.69) is 15.2 Å². The molecule has 0 aromatic carbocycles. The van der Waals surface area contributed by atoms with Gasteiger partial charge in [-0.2, -0.15) is 0 Å². The largest absolute Gasteiger partial charge is 0.450 e. The summed E-state index contributed by atoms with van der Waals surface area (Å²) in [6.07, 6.45) is -0.274. The molecule has 1 heterocycles. The van der Waals surface area contributed by atoms with E-state index in [0.29, 0.717) is 39.3 Å². The van der Waals surface area contributed by atoms with Crippen LogP contribution in [0.2, 0.25) is 0 Å². The highest BCUT2D eigenvalue weighted by Gasteiger charge is 2.27. The summed E-state index contributed by atoms with van der Waals surface area (Å²) in [6.45, 7) is 11.3. The number of carbonyl (C=O) groups excluding carboxylic acids is 2. The van der Waals surface area contributed by atoms with Gasteiger partial charge in [0.2, 0.25) is 5.91 Å². The molecule has 1 fully saturated rings. The highest BCUT2D eigenvalue weighted by molar-refractivity contribution is 14.0. The molecule has 1 aliphatic rings. The van der Waals surface area contributed by atoms with Crippen LogP contribution >= 0.6 is 24.0 Å². The quantitative estimate of drug-likeness (QED) is 0.364. The van der Waals surface area contributed by atoms with Gasteiger partial charge in [-0.05, 0) is 27.7 Å². The Labute approximate surface area is 161 Å². The third kappa shape index (κ3) is 6.70. The molecule has 1 rings (SSSR count). The molecule has 0 aliphatic carbocycles. The van der Waals surface area contributed by atoms with Gasteiger partial charge in [-0.25, -0.2) is 4.79 Å². The van der Waals surface area contributed by atoms with E-state index in [9.17, 15) is 9.59 Å². The molecule has 0 aromatic heterocycles. The third-order valence-electron chi connectivity index (χ3n) is 3.73. The van der Waals surface area contributed by atoms with E-state index in [1.165, 1.54) is 0 Å². The first-order chi connectivity index (χ1) is 10.8. The molecular weight excluding hydrogens is 425 g/mol. The molecule has 1 aliphatic heterocycles. The number of rotatable bonds is 5. The van der Waals surface area contributed by atoms with Crippen molar-refractivity contribution >= 4 is 41.9 Å². The van der Waals surface area contributed by atoms with Crippen molar-refractivity contribution in [3.8, 4) is 0 Å². The van der Waals surface area contributed by atoms with Crippen molar-refractivity contribution < 1.29 is 14.3 Å². The van der Waals surface area contributed by atoms with E-state index in [1.54, 1.807) is 25.7 Å². The molecule has 8 nitrogen and oxygen atoms in total. The second-order valence-corrected chi connectivity index (χ2v) is 6.09. The van der Waals surface area contributed by atoms with Crippen LogP contribution in [0.1, 0.15) is 27.7 Å². The maximum Gasteiger partial charge on any atom is 0.409 e. The van der Waals surface area contributed by atoms with Gasteiger partial charge in [-0.3, -0.25) is 9.79 Å². The smallest absolute Gasteiger partial charge is 0.409 e. The molecule has 1 saturated heterocycles. The minimum atomic E-state index is -0.687. The Bertz CT molecular complexity index is 448. The number of nitrogens with one attached hydrogen (secondary N) is 1. The average Bonchev–Trinajstić information content (AvgIpc) is 2.51. The van der Waals surface area contributed by atoms with Crippen LogP contribution < -0.4 is 11.1 Å². The van der Waals surface area contributed by atoms with Crippen molar-refractivity contribution in [2.24, 2.45) is 16.1 Å². The van der Waals surface area contributed by atoms with Gasteiger partial charge in [0.1, 0.15) is 0 Å². The van der Waals surface area contributed by atoms with Gasteiger partial charge in [0.15, 0.2) is 5.96 Å². The van der Waals surface area contributed by atoms with Gasteiger partial charge in [-0.1, -0.05) is 0 Å². The van der Waals surface area contributed by atoms with Crippen molar-refractivity contribution in [3.05, 3.63) is 0 Å². The lowest BCUT2D eigenvalue weighted by Crippen LogP contribution is -2.54. The van der Waals surface area contributed by atoms with E-state index in [4.69, 9.17) is 10.5 Å². The van der Waals surface area contributed by atoms with E-state index in [-0.39, 0.29) is 36.0 Å². The van der Waals surface area contributed by atoms with Crippen LogP contribution in [0, 0.1) is 5.41 Å². The minimum Gasteiger partial charge on any atom is -0.450 e. The van der Waals surface area contributed by atoms with Gasteiger partial charge >= 0.3 is 6.09 Å². The SMILES string of the molecule is CCNC(=NCC(C)(C)C(N)=O)N1CCN(C(=O)OCC)CC1.I. The normalized spacial score (nSPS) is 15.6. The fourth-order valence-corrected chi connectivity index (χ4v) is 2.09. The molecule has 140 valence electrons. The Kier molecular flexibility index (Phi) is 10.0. The van der Waals surface area contributed by atoms with Crippen LogP contribution in [0.5, 0.6) is 0 Å². The van der Waals surface area contributed by atoms with Crippen LogP contribution in [0.15, 0.2) is 4.99 Å². The predicted octanol–water partition coefficient (Wildman–Crippen LogP) is 0.856. The van der Waals surface area contributed by atoms with Crippen LogP contribution in [0.4, 0.5) is 4.79 Å². The number of nitrogens with zero attached hydrogens (tertiary/aromatic N) is 3. The maximum absolute atomic E-state index is 11.7. The Morgan fingerprint density at radius 2 is 1.71 bits per heavy atom. The molecule has 0 radical (unpaired) electrons. The summed E-state index contributed by atoms with van der Waals surface area (Å²) in [4.78, 5) is 31.4. The lowest BCUT2D eigenvalue weighted by atomic mass is 9.93. The Balaban J connectivity index is 0.00000529. The number of amides is 2. The highest BCUT2D eigenvalue weighted by atomic mass is 127. The Hall–Kier alpha value is -1.26. The van der Waals surface area contributed by atoms with Gasteiger partial charge in [-0.15, -0.1) is 24.0 Å². The average molecular weight is 455 g/mol.